The van der Waals surface area contributed by atoms with Crippen molar-refractivity contribution in [3.63, 3.8) is 0 Å². The van der Waals surface area contributed by atoms with Gasteiger partial charge in [0.05, 0.1) is 40.3 Å². The van der Waals surface area contributed by atoms with Crippen molar-refractivity contribution in [2.24, 2.45) is 0 Å². The van der Waals surface area contributed by atoms with E-state index in [1.807, 2.05) is 33.3 Å². The van der Waals surface area contributed by atoms with Gasteiger partial charge in [-0.05, 0) is 109 Å². The molecule has 0 fully saturated rings. The van der Waals surface area contributed by atoms with Gasteiger partial charge in [0.15, 0.2) is 12.4 Å². The number of unbranched alkanes of at least 4 members (excludes halogenated alkanes) is 5. The van der Waals surface area contributed by atoms with E-state index in [0.29, 0.717) is 23.9 Å². The molecule has 0 rings (SSSR count). The molecule has 0 aromatic rings. The number of hydrogen-bond donors (Lipinski definition) is 0. The Labute approximate surface area is 432 Å². The second-order valence-corrected chi connectivity index (χ2v) is 18.0. The van der Waals surface area contributed by atoms with Gasteiger partial charge in [-0.3, -0.25) is 9.59 Å². The molecule has 0 radical (unpaired) electrons. The molecule has 9 heteroatoms. The van der Waals surface area contributed by atoms with E-state index in [1.54, 1.807) is 0 Å². The molecule has 396 valence electrons. The molecular formula is C62H95NO8. The largest absolute Gasteiger partial charge is 0.545 e. The molecule has 0 amide bonds. The van der Waals surface area contributed by atoms with Gasteiger partial charge in [0, 0.05) is 12.8 Å². The highest BCUT2D eigenvalue weighted by molar-refractivity contribution is 5.70. The van der Waals surface area contributed by atoms with E-state index in [9.17, 15) is 19.5 Å². The van der Waals surface area contributed by atoms with Crippen LogP contribution >= 0.6 is 0 Å². The number of allylic oxidation sites excluding steroid dienone is 26. The summed E-state index contributed by atoms with van der Waals surface area (Å²) in [5, 5.41) is 11.7. The van der Waals surface area contributed by atoms with Crippen LogP contribution in [0.2, 0.25) is 0 Å². The van der Waals surface area contributed by atoms with Gasteiger partial charge in [0.2, 0.25) is 0 Å². The molecule has 2 atom stereocenters. The molecule has 0 aromatic carbocycles. The molecule has 0 aromatic heterocycles. The summed E-state index contributed by atoms with van der Waals surface area (Å²) in [5.74, 6) is -2.44. The third-order valence-electron chi connectivity index (χ3n) is 10.3. The number of esters is 2. The van der Waals surface area contributed by atoms with Gasteiger partial charge < -0.3 is 33.3 Å². The lowest BCUT2D eigenvalue weighted by Crippen LogP contribution is -2.44. The lowest BCUT2D eigenvalue weighted by molar-refractivity contribution is -0.870. The quantitative estimate of drug-likeness (QED) is 0.0195. The summed E-state index contributed by atoms with van der Waals surface area (Å²) in [6, 6.07) is 0. The number of hydrogen-bond acceptors (Lipinski definition) is 8. The monoisotopic (exact) mass is 982 g/mol. The predicted octanol–water partition coefficient (Wildman–Crippen LogP) is 14.1. The van der Waals surface area contributed by atoms with Crippen molar-refractivity contribution in [2.45, 2.75) is 167 Å². The number of ether oxygens (including phenoxy) is 4. The summed E-state index contributed by atoms with van der Waals surface area (Å²) < 4.78 is 22.5. The summed E-state index contributed by atoms with van der Waals surface area (Å²) in [5.41, 5.74) is 0. The number of likely N-dealkylation sites (N-methyl/N-ethyl adjacent to an activating group) is 1. The highest BCUT2D eigenvalue weighted by Gasteiger charge is 2.21. The van der Waals surface area contributed by atoms with Gasteiger partial charge in [-0.25, -0.2) is 0 Å². The standard InChI is InChI=1S/C62H95NO8/c1-6-8-10-12-14-16-18-20-21-22-23-24-25-26-27-28-29-30-31-32-33-34-35-36-37-38-39-41-43-45-47-49-51-53-60(65)71-58(57-70-62(61(66)67)68-55-54-63(3,4)5)56-69-59(64)52-50-48-46-44-42-40-19-17-15-13-11-9-7-2/h8-11,14-17,20-21,23-24,26-27,29-30,32-33,35-36,38-40,42,46,48,58,62H,6-7,12-13,18-19,22,25,28,31,34,37,41,43-45,47,49-57H2,1-5H3/b10-8-,11-9-,16-14-,17-15-,21-20-,24-23-,27-26-,30-29-,33-32-,36-35-,39-38-,42-40-,48-46-. The van der Waals surface area contributed by atoms with E-state index < -0.39 is 30.3 Å². The summed E-state index contributed by atoms with van der Waals surface area (Å²) in [6.45, 7) is 4.36. The summed E-state index contributed by atoms with van der Waals surface area (Å²) in [4.78, 5) is 37.1. The van der Waals surface area contributed by atoms with Crippen LogP contribution in [0.15, 0.2) is 158 Å². The minimum Gasteiger partial charge on any atom is -0.545 e. The molecule has 0 aliphatic carbocycles. The lowest BCUT2D eigenvalue weighted by Gasteiger charge is -2.26. The van der Waals surface area contributed by atoms with Crippen LogP contribution in [0.25, 0.3) is 0 Å². The fraction of sp³-hybridized carbons (Fsp3) is 0.532. The van der Waals surface area contributed by atoms with Crippen molar-refractivity contribution in [3.05, 3.63) is 158 Å². The molecule has 0 bridgehead atoms. The molecule has 0 saturated carbocycles. The van der Waals surface area contributed by atoms with Gasteiger partial charge in [-0.15, -0.1) is 0 Å². The third kappa shape index (κ3) is 52.6. The SMILES string of the molecule is CC/C=C\C/C=C\C/C=C\C/C=C\C/C=C\C/C=C\C/C=C\C/C=C\C/C=C\CCCCCCCC(=O)OC(COC(=O)CC/C=C\C/C=C\C/C=C\C/C=C\CC)COC(OCC[N+](C)(C)C)C(=O)[O-]. The van der Waals surface area contributed by atoms with Crippen LogP contribution in [-0.4, -0.2) is 82.3 Å². The van der Waals surface area contributed by atoms with Crippen LogP contribution in [0, 0.1) is 0 Å². The maximum atomic E-state index is 12.8. The fourth-order valence-corrected chi connectivity index (χ4v) is 6.24. The zero-order valence-electron chi connectivity index (χ0n) is 44.8. The molecule has 2 unspecified atom stereocenters. The van der Waals surface area contributed by atoms with E-state index >= 15 is 0 Å². The average molecular weight is 982 g/mol. The van der Waals surface area contributed by atoms with Crippen LogP contribution in [0.3, 0.4) is 0 Å². The number of carboxylic acid groups (broad SMARTS) is 1. The number of carbonyl (C=O) groups excluding carboxylic acids is 3. The van der Waals surface area contributed by atoms with E-state index in [2.05, 4.69) is 160 Å². The van der Waals surface area contributed by atoms with Crippen molar-refractivity contribution in [3.8, 4) is 0 Å². The Morgan fingerprint density at radius 1 is 0.423 bits per heavy atom. The maximum Gasteiger partial charge on any atom is 0.306 e. The Bertz CT molecular complexity index is 1710. The number of rotatable bonds is 46. The van der Waals surface area contributed by atoms with Crippen LogP contribution in [-0.2, 0) is 33.3 Å². The first-order chi connectivity index (χ1) is 34.6. The predicted molar refractivity (Wildman–Crippen MR) is 296 cm³/mol. The second-order valence-electron chi connectivity index (χ2n) is 18.0. The summed E-state index contributed by atoms with van der Waals surface area (Å²) in [6.07, 6.45) is 73.1. The normalized spacial score (nSPS) is 14.1. The second kappa shape index (κ2) is 51.3. The minimum absolute atomic E-state index is 0.123. The van der Waals surface area contributed by atoms with Crippen LogP contribution in [0.5, 0.6) is 0 Å². The smallest absolute Gasteiger partial charge is 0.306 e. The Hall–Kier alpha value is -5.09. The van der Waals surface area contributed by atoms with Crippen molar-refractivity contribution in [1.82, 2.24) is 0 Å². The van der Waals surface area contributed by atoms with Gasteiger partial charge >= 0.3 is 11.9 Å². The van der Waals surface area contributed by atoms with E-state index in [4.69, 9.17) is 18.9 Å². The average Bonchev–Trinajstić information content (AvgIpc) is 3.34. The zero-order chi connectivity index (χ0) is 52.0. The molecule has 0 heterocycles. The molecule has 0 aliphatic heterocycles. The number of nitrogens with zero attached hydrogens (tertiary/aromatic N) is 1. The molecule has 0 saturated heterocycles. The summed E-state index contributed by atoms with van der Waals surface area (Å²) in [7, 11) is 5.87. The first-order valence-electron chi connectivity index (χ1n) is 26.6. The first-order valence-corrected chi connectivity index (χ1v) is 26.6. The van der Waals surface area contributed by atoms with Gasteiger partial charge in [0.25, 0.3) is 0 Å². The molecule has 0 spiro atoms. The van der Waals surface area contributed by atoms with Crippen molar-refractivity contribution >= 4 is 17.9 Å². The topological polar surface area (TPSA) is 111 Å². The first kappa shape index (κ1) is 65.9. The molecule has 0 N–H and O–H groups in total. The minimum atomic E-state index is -1.65. The summed E-state index contributed by atoms with van der Waals surface area (Å²) >= 11 is 0. The Kier molecular flexibility index (Phi) is 47.6. The van der Waals surface area contributed by atoms with Gasteiger partial charge in [0.1, 0.15) is 13.2 Å². The highest BCUT2D eigenvalue weighted by atomic mass is 16.7. The Morgan fingerprint density at radius 3 is 1.18 bits per heavy atom. The lowest BCUT2D eigenvalue weighted by atomic mass is 10.1. The number of carbonyl (C=O) groups is 3. The van der Waals surface area contributed by atoms with Crippen molar-refractivity contribution < 1.29 is 42.9 Å². The fourth-order valence-electron chi connectivity index (χ4n) is 6.24. The zero-order valence-corrected chi connectivity index (χ0v) is 44.8. The highest BCUT2D eigenvalue weighted by Crippen LogP contribution is 2.11. The van der Waals surface area contributed by atoms with Gasteiger partial charge in [-0.2, -0.15) is 0 Å². The Morgan fingerprint density at radius 2 is 0.789 bits per heavy atom. The van der Waals surface area contributed by atoms with Crippen LogP contribution < -0.4 is 5.11 Å². The maximum absolute atomic E-state index is 12.8. The Balaban J connectivity index is 4.37. The van der Waals surface area contributed by atoms with E-state index in [-0.39, 0.29) is 32.7 Å². The number of quaternary nitrogens is 1. The van der Waals surface area contributed by atoms with Crippen LogP contribution in [0.1, 0.15) is 155 Å². The molecule has 71 heavy (non-hydrogen) atoms. The number of aliphatic carboxylic acids is 1. The van der Waals surface area contributed by atoms with Crippen molar-refractivity contribution in [2.75, 3.05) is 47.5 Å². The van der Waals surface area contributed by atoms with Crippen molar-refractivity contribution in [1.29, 1.82) is 0 Å². The third-order valence-corrected chi connectivity index (χ3v) is 10.3. The molecule has 0 aliphatic rings. The number of carboxylic acids is 1. The van der Waals surface area contributed by atoms with E-state index in [0.717, 1.165) is 116 Å². The van der Waals surface area contributed by atoms with E-state index in [1.165, 1.54) is 0 Å². The molecular weight excluding hydrogens is 887 g/mol. The van der Waals surface area contributed by atoms with Gasteiger partial charge in [-0.1, -0.05) is 191 Å². The molecule has 9 nitrogen and oxygen atoms in total. The van der Waals surface area contributed by atoms with Crippen LogP contribution in [0.4, 0.5) is 0 Å².